The first-order valence-corrected chi connectivity index (χ1v) is 13.2. The van der Waals surface area contributed by atoms with Crippen LogP contribution in [0, 0.1) is 18.8 Å². The molecular formula is C28H28N8O2. The van der Waals surface area contributed by atoms with Gasteiger partial charge in [0.2, 0.25) is 5.82 Å². The smallest absolute Gasteiger partial charge is 0.318 e. The average Bonchev–Trinajstić information content (AvgIpc) is 3.85. The van der Waals surface area contributed by atoms with Gasteiger partial charge in [-0.15, -0.1) is 10.2 Å². The number of fused-ring (bicyclic) bond motifs is 1. The van der Waals surface area contributed by atoms with Crippen molar-refractivity contribution in [3.05, 3.63) is 80.8 Å². The number of hydrogen-bond donors (Lipinski definition) is 1. The van der Waals surface area contributed by atoms with Gasteiger partial charge in [0.05, 0.1) is 0 Å². The Bertz CT molecular complexity index is 1750. The van der Waals surface area contributed by atoms with Crippen LogP contribution < -0.4 is 11.2 Å². The number of rotatable bonds is 8. The number of H-pyrrole nitrogens is 1. The Balaban J connectivity index is 1.27. The molecule has 5 aromatic rings. The lowest BCUT2D eigenvalue weighted by Crippen LogP contribution is -2.41. The summed E-state index contributed by atoms with van der Waals surface area (Å²) in [5, 5.41) is 14.5. The minimum atomic E-state index is -0.227. The molecule has 0 amide bonds. The number of hydrogen-bond acceptors (Lipinski definition) is 6. The SMILES string of the molecule is Cc1nc2c(c(=O)n(CC3CC3)c(=O)n2CC2CC2)n1Cc1ccc(-c2ccccc2-c2nn[nH]n2)cc1. The minimum Gasteiger partial charge on any atom is -0.318 e. The lowest BCUT2D eigenvalue weighted by Gasteiger charge is -2.13. The molecule has 0 unspecified atom stereocenters. The molecule has 2 aliphatic rings. The van der Waals surface area contributed by atoms with Crippen molar-refractivity contribution in [1.29, 1.82) is 0 Å². The van der Waals surface area contributed by atoms with E-state index in [-0.39, 0.29) is 11.2 Å². The number of tetrazole rings is 1. The van der Waals surface area contributed by atoms with Crippen molar-refractivity contribution in [3.63, 3.8) is 0 Å². The monoisotopic (exact) mass is 508 g/mol. The van der Waals surface area contributed by atoms with Crippen molar-refractivity contribution in [2.24, 2.45) is 11.8 Å². The zero-order valence-electron chi connectivity index (χ0n) is 21.2. The summed E-state index contributed by atoms with van der Waals surface area (Å²) in [6, 6.07) is 16.2. The maximum absolute atomic E-state index is 13.6. The summed E-state index contributed by atoms with van der Waals surface area (Å²) in [7, 11) is 0. The largest absolute Gasteiger partial charge is 0.332 e. The summed E-state index contributed by atoms with van der Waals surface area (Å²) in [6.07, 6.45) is 4.40. The Labute approximate surface area is 218 Å². The molecule has 2 saturated carbocycles. The Morgan fingerprint density at radius 1 is 0.868 bits per heavy atom. The van der Waals surface area contributed by atoms with Gasteiger partial charge in [-0.1, -0.05) is 48.5 Å². The summed E-state index contributed by atoms with van der Waals surface area (Å²) in [6.45, 7) is 3.53. The van der Waals surface area contributed by atoms with Crippen molar-refractivity contribution in [2.75, 3.05) is 0 Å². The Hall–Kier alpha value is -4.34. The molecule has 3 heterocycles. The molecule has 3 aromatic heterocycles. The van der Waals surface area contributed by atoms with Crippen molar-refractivity contribution in [1.82, 2.24) is 39.3 Å². The molecule has 192 valence electrons. The molecule has 0 radical (unpaired) electrons. The number of nitrogens with one attached hydrogen (secondary N) is 1. The van der Waals surface area contributed by atoms with Gasteiger partial charge in [-0.25, -0.2) is 9.78 Å². The third kappa shape index (κ3) is 4.06. The van der Waals surface area contributed by atoms with E-state index in [1.165, 1.54) is 4.57 Å². The highest BCUT2D eigenvalue weighted by Crippen LogP contribution is 2.32. The average molecular weight is 509 g/mol. The highest BCUT2D eigenvalue weighted by Gasteiger charge is 2.29. The van der Waals surface area contributed by atoms with Gasteiger partial charge in [0.15, 0.2) is 11.2 Å². The third-order valence-corrected chi connectivity index (χ3v) is 7.70. The van der Waals surface area contributed by atoms with E-state index in [1.807, 2.05) is 35.8 Å². The number of aromatic nitrogens is 8. The number of imidazole rings is 1. The van der Waals surface area contributed by atoms with Gasteiger partial charge in [-0.05, 0) is 66.3 Å². The van der Waals surface area contributed by atoms with Crippen molar-refractivity contribution in [2.45, 2.75) is 52.2 Å². The van der Waals surface area contributed by atoms with Gasteiger partial charge >= 0.3 is 5.69 Å². The van der Waals surface area contributed by atoms with E-state index in [9.17, 15) is 9.59 Å². The fourth-order valence-corrected chi connectivity index (χ4v) is 5.21. The van der Waals surface area contributed by atoms with Crippen LogP contribution in [-0.4, -0.2) is 39.3 Å². The lowest BCUT2D eigenvalue weighted by molar-refractivity contribution is 0.519. The van der Waals surface area contributed by atoms with Crippen LogP contribution in [-0.2, 0) is 19.6 Å². The number of aryl methyl sites for hydroxylation is 1. The molecule has 2 aliphatic carbocycles. The Morgan fingerprint density at radius 3 is 2.21 bits per heavy atom. The van der Waals surface area contributed by atoms with Crippen LogP contribution >= 0.6 is 0 Å². The van der Waals surface area contributed by atoms with E-state index in [4.69, 9.17) is 4.98 Å². The number of benzene rings is 2. The summed E-state index contributed by atoms with van der Waals surface area (Å²) in [5.41, 5.74) is 4.59. The topological polar surface area (TPSA) is 116 Å². The highest BCUT2D eigenvalue weighted by atomic mass is 16.2. The van der Waals surface area contributed by atoms with Crippen molar-refractivity contribution < 1.29 is 0 Å². The van der Waals surface area contributed by atoms with Gasteiger partial charge in [0, 0.05) is 25.2 Å². The lowest BCUT2D eigenvalue weighted by atomic mass is 9.98. The van der Waals surface area contributed by atoms with Crippen LogP contribution in [0.4, 0.5) is 0 Å². The predicted molar refractivity (Wildman–Crippen MR) is 143 cm³/mol. The molecule has 10 heteroatoms. The van der Waals surface area contributed by atoms with E-state index in [1.54, 1.807) is 4.57 Å². The molecule has 2 aromatic carbocycles. The van der Waals surface area contributed by atoms with Crippen LogP contribution in [0.15, 0.2) is 58.1 Å². The van der Waals surface area contributed by atoms with Gasteiger partial charge in [-0.3, -0.25) is 13.9 Å². The van der Waals surface area contributed by atoms with Crippen LogP contribution in [0.25, 0.3) is 33.7 Å². The molecule has 0 saturated heterocycles. The predicted octanol–water partition coefficient (Wildman–Crippen LogP) is 3.38. The van der Waals surface area contributed by atoms with Crippen molar-refractivity contribution >= 4 is 11.2 Å². The first kappa shape index (κ1) is 22.8. The molecule has 10 nitrogen and oxygen atoms in total. The molecule has 7 rings (SSSR count). The first-order chi connectivity index (χ1) is 18.6. The minimum absolute atomic E-state index is 0.212. The van der Waals surface area contributed by atoms with E-state index in [0.29, 0.717) is 48.5 Å². The second kappa shape index (κ2) is 8.90. The fraction of sp³-hybridized carbons (Fsp3) is 0.357. The number of aromatic amines is 1. The first-order valence-electron chi connectivity index (χ1n) is 13.2. The van der Waals surface area contributed by atoms with Crippen LogP contribution in [0.2, 0.25) is 0 Å². The molecule has 0 aliphatic heterocycles. The summed E-state index contributed by atoms with van der Waals surface area (Å²) in [5.74, 6) is 2.20. The van der Waals surface area contributed by atoms with E-state index < -0.39 is 0 Å². The Morgan fingerprint density at radius 2 is 1.55 bits per heavy atom. The van der Waals surface area contributed by atoms with Gasteiger partial charge in [0.25, 0.3) is 5.56 Å². The van der Waals surface area contributed by atoms with E-state index in [0.717, 1.165) is 53.8 Å². The zero-order valence-corrected chi connectivity index (χ0v) is 21.2. The summed E-state index contributed by atoms with van der Waals surface area (Å²) in [4.78, 5) is 31.7. The molecule has 0 bridgehead atoms. The normalized spacial score (nSPS) is 15.4. The summed E-state index contributed by atoms with van der Waals surface area (Å²) >= 11 is 0. The van der Waals surface area contributed by atoms with Crippen LogP contribution in [0.3, 0.4) is 0 Å². The maximum Gasteiger partial charge on any atom is 0.332 e. The second-order valence-electron chi connectivity index (χ2n) is 10.6. The summed E-state index contributed by atoms with van der Waals surface area (Å²) < 4.78 is 5.17. The maximum atomic E-state index is 13.6. The molecular weight excluding hydrogens is 480 g/mol. The fourth-order valence-electron chi connectivity index (χ4n) is 5.21. The molecule has 1 N–H and O–H groups in total. The highest BCUT2D eigenvalue weighted by molar-refractivity contribution is 5.80. The quantitative estimate of drug-likeness (QED) is 0.344. The third-order valence-electron chi connectivity index (χ3n) is 7.70. The van der Waals surface area contributed by atoms with Gasteiger partial charge in [0.1, 0.15) is 5.82 Å². The molecule has 0 spiro atoms. The van der Waals surface area contributed by atoms with Crippen LogP contribution in [0.5, 0.6) is 0 Å². The Kier molecular flexibility index (Phi) is 5.34. The standard InChI is InChI=1S/C28H28N8O2/c1-17-29-26-24(27(37)36(16-19-8-9-19)28(38)35(26)15-18-6-7-18)34(17)14-20-10-12-21(13-11-20)22-4-2-3-5-23(22)25-30-32-33-31-25/h2-5,10-13,18-19H,6-9,14-16H2,1H3,(H,30,31,32,33). The van der Waals surface area contributed by atoms with Gasteiger partial charge in [-0.2, -0.15) is 5.21 Å². The van der Waals surface area contributed by atoms with Crippen LogP contribution in [0.1, 0.15) is 37.1 Å². The molecule has 2 fully saturated rings. The number of nitrogens with zero attached hydrogens (tertiary/aromatic N) is 7. The van der Waals surface area contributed by atoms with Gasteiger partial charge < -0.3 is 4.57 Å². The zero-order chi connectivity index (χ0) is 25.8. The van der Waals surface area contributed by atoms with E-state index in [2.05, 4.69) is 44.9 Å². The van der Waals surface area contributed by atoms with E-state index >= 15 is 0 Å². The molecule has 0 atom stereocenters. The second-order valence-corrected chi connectivity index (χ2v) is 10.6. The molecule has 38 heavy (non-hydrogen) atoms. The van der Waals surface area contributed by atoms with Crippen molar-refractivity contribution in [3.8, 4) is 22.5 Å².